The lowest BCUT2D eigenvalue weighted by atomic mass is 10.1. The van der Waals surface area contributed by atoms with Gasteiger partial charge in [-0.3, -0.25) is 13.6 Å². The second-order valence-corrected chi connectivity index (χ2v) is 11.2. The second kappa shape index (κ2) is 11.0. The Hall–Kier alpha value is -2.32. The first kappa shape index (κ1) is 28.7. The normalized spacial score (nSPS) is 32.6. The van der Waals surface area contributed by atoms with Gasteiger partial charge in [0.1, 0.15) is 23.8 Å². The molecule has 210 valence electrons. The van der Waals surface area contributed by atoms with Crippen LogP contribution in [0.3, 0.4) is 0 Å². The molecule has 2 aliphatic rings. The number of imidazole rings is 1. The van der Waals surface area contributed by atoms with Crippen LogP contribution in [0.1, 0.15) is 6.23 Å². The van der Waals surface area contributed by atoms with E-state index in [2.05, 4.69) is 43.7 Å². The average molecular weight is 583 g/mol. The summed E-state index contributed by atoms with van der Waals surface area (Å²) in [6.45, 7) is -1.56. The Morgan fingerprint density at radius 2 is 1.84 bits per heavy atom. The SMILES string of the molecule is [N-]=[N+]=Nc1nc(N)c2ncn(C3O[C@H](COP(=O)(O)OP(=O)(O)OC[C@H]4NC[C@H](O)[C@@H]4O)[C@@H](O)[C@H]3O)c2n1. The molecule has 0 bridgehead atoms. The largest absolute Gasteiger partial charge is 0.481 e. The number of ether oxygens (including phenoxy) is 1. The molecule has 2 aliphatic heterocycles. The summed E-state index contributed by atoms with van der Waals surface area (Å²) in [5.41, 5.74) is 14.4. The number of phosphoric ester groups is 2. The summed E-state index contributed by atoms with van der Waals surface area (Å²) in [5, 5.41) is 45.9. The molecule has 2 aromatic rings. The number of nitrogen functional groups attached to an aromatic ring is 1. The van der Waals surface area contributed by atoms with Crippen LogP contribution in [0, 0.1) is 0 Å². The molecule has 4 heterocycles. The number of anilines is 1. The minimum absolute atomic E-state index is 0.00584. The minimum Gasteiger partial charge on any atom is -0.389 e. The Bertz CT molecular complexity index is 1320. The van der Waals surface area contributed by atoms with Gasteiger partial charge >= 0.3 is 15.6 Å². The molecule has 2 aromatic heterocycles. The number of nitrogens with two attached hydrogens (primary N) is 1. The molecule has 9 N–H and O–H groups in total. The molecule has 0 aliphatic carbocycles. The smallest absolute Gasteiger partial charge is 0.389 e. The summed E-state index contributed by atoms with van der Waals surface area (Å²) in [5.74, 6) is -0.497. The lowest BCUT2D eigenvalue weighted by molar-refractivity contribution is -0.0504. The van der Waals surface area contributed by atoms with Crippen molar-refractivity contribution < 1.29 is 57.4 Å². The van der Waals surface area contributed by atoms with Gasteiger partial charge in [0.25, 0.3) is 0 Å². The van der Waals surface area contributed by atoms with Crippen LogP contribution in [0.5, 0.6) is 0 Å². The third-order valence-electron chi connectivity index (χ3n) is 5.60. The summed E-state index contributed by atoms with van der Waals surface area (Å²) in [6, 6.07) is -0.948. The van der Waals surface area contributed by atoms with Crippen LogP contribution in [0.2, 0.25) is 0 Å². The van der Waals surface area contributed by atoms with Crippen LogP contribution in [0.15, 0.2) is 11.4 Å². The summed E-state index contributed by atoms with van der Waals surface area (Å²) in [6.07, 6.45) is -7.46. The second-order valence-electron chi connectivity index (χ2n) is 8.15. The van der Waals surface area contributed by atoms with Crippen LogP contribution >= 0.6 is 15.6 Å². The van der Waals surface area contributed by atoms with Crippen LogP contribution in [-0.4, -0.2) is 106 Å². The Labute approximate surface area is 211 Å². The van der Waals surface area contributed by atoms with E-state index < -0.39 is 71.6 Å². The summed E-state index contributed by atoms with van der Waals surface area (Å²) in [4.78, 5) is 33.9. The molecule has 2 saturated heterocycles. The van der Waals surface area contributed by atoms with E-state index in [1.54, 1.807) is 0 Å². The van der Waals surface area contributed by atoms with E-state index in [0.29, 0.717) is 0 Å². The maximum absolute atomic E-state index is 12.2. The molecular weight excluding hydrogens is 560 g/mol. The Morgan fingerprint density at radius 3 is 2.47 bits per heavy atom. The summed E-state index contributed by atoms with van der Waals surface area (Å²) in [7, 11) is -10.5. The van der Waals surface area contributed by atoms with E-state index in [4.69, 9.17) is 16.0 Å². The first-order valence-corrected chi connectivity index (χ1v) is 13.6. The van der Waals surface area contributed by atoms with Gasteiger partial charge in [0, 0.05) is 11.5 Å². The summed E-state index contributed by atoms with van der Waals surface area (Å²) < 4.78 is 44.4. The van der Waals surface area contributed by atoms with Gasteiger partial charge in [-0.2, -0.15) is 4.31 Å². The maximum atomic E-state index is 12.2. The van der Waals surface area contributed by atoms with Crippen molar-refractivity contribution in [3.8, 4) is 0 Å². The Morgan fingerprint density at radius 1 is 1.16 bits per heavy atom. The molecule has 0 amide bonds. The number of β-amino-alcohol motifs (C(OH)–C–C–N with tert-alkyl or cyclic N) is 1. The van der Waals surface area contributed by atoms with Gasteiger partial charge in [-0.15, -0.1) is 0 Å². The van der Waals surface area contributed by atoms with Gasteiger partial charge < -0.3 is 46.0 Å². The standard InChI is InChI=1S/C15H23N9O12P2/c16-12-8-13(21-15(20-12)22-23-17)24(4-19-8)14-11(28)10(27)7(35-14)3-34-38(31,32)36-37(29,30)33-2-5-9(26)6(25)1-18-5/h4-7,9-11,14,18,25-28H,1-3H2,(H,29,30)(H,31,32)(H2,16,20,21)/t5-,6+,7-,9-,10-,11-,14?/m1/s1. The lowest BCUT2D eigenvalue weighted by Gasteiger charge is -2.21. The molecule has 0 radical (unpaired) electrons. The highest BCUT2D eigenvalue weighted by Gasteiger charge is 2.46. The van der Waals surface area contributed by atoms with Crippen molar-refractivity contribution in [3.05, 3.63) is 16.8 Å². The number of nitrogens with zero attached hydrogens (tertiary/aromatic N) is 7. The molecule has 3 unspecified atom stereocenters. The number of phosphoric acid groups is 2. The fraction of sp³-hybridized carbons (Fsp3) is 0.667. The lowest BCUT2D eigenvalue weighted by Crippen LogP contribution is -2.36. The number of aliphatic hydroxyl groups excluding tert-OH is 4. The average Bonchev–Trinajstić information content (AvgIpc) is 3.48. The van der Waals surface area contributed by atoms with E-state index in [-0.39, 0.29) is 29.5 Å². The molecule has 38 heavy (non-hydrogen) atoms. The van der Waals surface area contributed by atoms with E-state index >= 15 is 0 Å². The summed E-state index contributed by atoms with van der Waals surface area (Å²) >= 11 is 0. The number of nitrogens with one attached hydrogen (secondary N) is 1. The highest BCUT2D eigenvalue weighted by atomic mass is 31.3. The molecule has 9 atom stereocenters. The number of aromatic nitrogens is 4. The molecule has 23 heteroatoms. The molecule has 0 spiro atoms. The fourth-order valence-electron chi connectivity index (χ4n) is 3.75. The van der Waals surface area contributed by atoms with Crippen LogP contribution in [0.25, 0.3) is 21.6 Å². The van der Waals surface area contributed by atoms with Crippen molar-refractivity contribution in [1.29, 1.82) is 0 Å². The third-order valence-corrected chi connectivity index (χ3v) is 8.20. The van der Waals surface area contributed by atoms with Crippen LogP contribution < -0.4 is 11.1 Å². The van der Waals surface area contributed by atoms with Crippen molar-refractivity contribution in [2.45, 2.75) is 42.8 Å². The fourth-order valence-corrected chi connectivity index (χ4v) is 5.86. The van der Waals surface area contributed by atoms with Gasteiger partial charge in [-0.1, -0.05) is 0 Å². The number of aliphatic hydroxyl groups is 4. The van der Waals surface area contributed by atoms with Crippen molar-refractivity contribution >= 4 is 38.6 Å². The van der Waals surface area contributed by atoms with E-state index in [1.807, 2.05) is 0 Å². The van der Waals surface area contributed by atoms with Gasteiger partial charge in [0.2, 0.25) is 5.95 Å². The van der Waals surface area contributed by atoms with Crippen molar-refractivity contribution in [1.82, 2.24) is 24.8 Å². The molecule has 21 nitrogen and oxygen atoms in total. The number of hydrogen-bond acceptors (Lipinski definition) is 16. The number of azide groups is 1. The Kier molecular flexibility index (Phi) is 8.34. The molecule has 0 aromatic carbocycles. The predicted octanol–water partition coefficient (Wildman–Crippen LogP) is -2.09. The first-order valence-electron chi connectivity index (χ1n) is 10.6. The highest BCUT2D eigenvalue weighted by Crippen LogP contribution is 2.60. The van der Waals surface area contributed by atoms with Crippen molar-refractivity contribution in [2.24, 2.45) is 5.11 Å². The number of hydrogen-bond donors (Lipinski definition) is 8. The van der Waals surface area contributed by atoms with Gasteiger partial charge in [-0.05, 0) is 10.6 Å². The molecular formula is C15H23N9O12P2. The monoisotopic (exact) mass is 583 g/mol. The predicted molar refractivity (Wildman–Crippen MR) is 121 cm³/mol. The highest BCUT2D eigenvalue weighted by molar-refractivity contribution is 7.61. The van der Waals surface area contributed by atoms with Gasteiger partial charge in [-0.25, -0.2) is 24.1 Å². The van der Waals surface area contributed by atoms with Crippen molar-refractivity contribution in [2.75, 3.05) is 25.5 Å². The minimum atomic E-state index is -5.29. The quantitative estimate of drug-likeness (QED) is 0.0643. The number of rotatable bonds is 10. The zero-order chi connectivity index (χ0) is 27.8. The topological polar surface area (TPSA) is 323 Å². The maximum Gasteiger partial charge on any atom is 0.481 e. The zero-order valence-electron chi connectivity index (χ0n) is 19.0. The van der Waals surface area contributed by atoms with E-state index in [9.17, 15) is 39.3 Å². The molecule has 2 fully saturated rings. The van der Waals surface area contributed by atoms with Crippen LogP contribution in [-0.2, 0) is 27.2 Å². The van der Waals surface area contributed by atoms with Crippen LogP contribution in [0.4, 0.5) is 11.8 Å². The van der Waals surface area contributed by atoms with E-state index in [1.165, 1.54) is 0 Å². The first-order chi connectivity index (χ1) is 17.8. The molecule has 0 saturated carbocycles. The zero-order valence-corrected chi connectivity index (χ0v) is 20.8. The van der Waals surface area contributed by atoms with E-state index in [0.717, 1.165) is 10.9 Å². The van der Waals surface area contributed by atoms with Gasteiger partial charge in [0.05, 0.1) is 37.8 Å². The molecule has 4 rings (SSSR count). The number of fused-ring (bicyclic) bond motifs is 1. The third kappa shape index (κ3) is 6.12. The van der Waals surface area contributed by atoms with Crippen molar-refractivity contribution in [3.63, 3.8) is 0 Å². The van der Waals surface area contributed by atoms with Gasteiger partial charge in [0.15, 0.2) is 17.7 Å². The Balaban J connectivity index is 1.39.